The van der Waals surface area contributed by atoms with Gasteiger partial charge in [0.2, 0.25) is 0 Å². The third-order valence-corrected chi connectivity index (χ3v) is 4.46. The minimum atomic E-state index is -0.901. The van der Waals surface area contributed by atoms with E-state index in [1.165, 1.54) is 0 Å². The zero-order chi connectivity index (χ0) is 20.8. The molecule has 1 fully saturated rings. The number of hydrogen-bond donors (Lipinski definition) is 2. The topological polar surface area (TPSA) is 123 Å². The first kappa shape index (κ1) is 24.2. The molecule has 1 unspecified atom stereocenters. The largest absolute Gasteiger partial charge is 0.480 e. The second-order valence-electron chi connectivity index (χ2n) is 6.84. The number of aliphatic hydroxyl groups excluding tert-OH is 1. The zero-order valence-corrected chi connectivity index (χ0v) is 16.4. The summed E-state index contributed by atoms with van der Waals surface area (Å²) in [5, 5.41) is 18.9. The lowest BCUT2D eigenvalue weighted by molar-refractivity contribution is -0.139. The zero-order valence-electron chi connectivity index (χ0n) is 16.4. The molecule has 0 aromatic rings. The third kappa shape index (κ3) is 11.1. The van der Waals surface area contributed by atoms with Crippen LogP contribution in [0.3, 0.4) is 0 Å². The van der Waals surface area contributed by atoms with Crippen LogP contribution in [0.4, 0.5) is 0 Å². The summed E-state index contributed by atoms with van der Waals surface area (Å²) < 4.78 is 9.75. The van der Waals surface area contributed by atoms with Gasteiger partial charge in [-0.25, -0.2) is 0 Å². The predicted octanol–water partition coefficient (Wildman–Crippen LogP) is -2.07. The molecule has 1 atom stereocenters. The number of carboxylic acids is 1. The quantitative estimate of drug-likeness (QED) is 0.391. The van der Waals surface area contributed by atoms with Crippen molar-refractivity contribution in [1.29, 1.82) is 0 Å². The molecular weight excluding hydrogens is 372 g/mol. The SMILES string of the molecule is CC(O)CN1CCN(COC=O)CCN(COC=O)CCN(CC(=O)O)CC1. The van der Waals surface area contributed by atoms with Crippen LogP contribution in [0.15, 0.2) is 0 Å². The summed E-state index contributed by atoms with van der Waals surface area (Å²) in [5.74, 6) is -0.901. The van der Waals surface area contributed by atoms with Crippen molar-refractivity contribution in [3.8, 4) is 0 Å². The Morgan fingerprint density at radius 1 is 0.857 bits per heavy atom. The normalized spacial score (nSPS) is 20.5. The van der Waals surface area contributed by atoms with Gasteiger partial charge in [0.15, 0.2) is 0 Å². The molecule has 1 heterocycles. The van der Waals surface area contributed by atoms with Crippen LogP contribution < -0.4 is 0 Å². The first-order valence-corrected chi connectivity index (χ1v) is 9.34. The first-order chi connectivity index (χ1) is 13.4. The molecule has 0 bridgehead atoms. The Kier molecular flexibility index (Phi) is 12.3. The molecular formula is C17H32N4O7. The van der Waals surface area contributed by atoms with Gasteiger partial charge >= 0.3 is 5.97 Å². The number of carbonyl (C=O) groups excluding carboxylic acids is 2. The number of carbonyl (C=O) groups is 3. The number of aliphatic carboxylic acids is 1. The van der Waals surface area contributed by atoms with E-state index in [0.717, 1.165) is 0 Å². The Morgan fingerprint density at radius 2 is 1.25 bits per heavy atom. The molecule has 1 aliphatic heterocycles. The van der Waals surface area contributed by atoms with E-state index in [1.807, 2.05) is 14.7 Å². The summed E-state index contributed by atoms with van der Waals surface area (Å²) in [6, 6.07) is 0. The highest BCUT2D eigenvalue weighted by Crippen LogP contribution is 2.02. The van der Waals surface area contributed by atoms with Crippen LogP contribution in [-0.4, -0.2) is 134 Å². The van der Waals surface area contributed by atoms with Gasteiger partial charge in [-0.1, -0.05) is 0 Å². The maximum absolute atomic E-state index is 11.2. The number of ether oxygens (including phenoxy) is 2. The van der Waals surface area contributed by atoms with Gasteiger partial charge in [0.1, 0.15) is 13.5 Å². The van der Waals surface area contributed by atoms with Gasteiger partial charge < -0.3 is 19.7 Å². The van der Waals surface area contributed by atoms with Gasteiger partial charge in [-0.05, 0) is 6.92 Å². The molecule has 0 radical (unpaired) electrons. The number of hydrogen-bond acceptors (Lipinski definition) is 10. The van der Waals surface area contributed by atoms with E-state index in [4.69, 9.17) is 14.6 Å². The second kappa shape index (κ2) is 14.2. The Hall–Kier alpha value is -1.79. The first-order valence-electron chi connectivity index (χ1n) is 9.34. The molecule has 0 aromatic carbocycles. The molecule has 11 heteroatoms. The minimum Gasteiger partial charge on any atom is -0.480 e. The van der Waals surface area contributed by atoms with E-state index in [2.05, 4.69) is 4.90 Å². The molecule has 1 aliphatic rings. The molecule has 0 saturated carbocycles. The number of nitrogens with zero attached hydrogens (tertiary/aromatic N) is 4. The van der Waals surface area contributed by atoms with E-state index in [1.54, 1.807) is 6.92 Å². The van der Waals surface area contributed by atoms with Gasteiger partial charge in [-0.3, -0.25) is 34.0 Å². The highest BCUT2D eigenvalue weighted by molar-refractivity contribution is 5.69. The average molecular weight is 404 g/mol. The minimum absolute atomic E-state index is 0.0792. The van der Waals surface area contributed by atoms with Gasteiger partial charge in [0.25, 0.3) is 12.9 Å². The van der Waals surface area contributed by atoms with Crippen molar-refractivity contribution in [2.75, 3.05) is 78.9 Å². The lowest BCUT2D eigenvalue weighted by Crippen LogP contribution is -2.48. The fourth-order valence-corrected chi connectivity index (χ4v) is 3.01. The van der Waals surface area contributed by atoms with Crippen LogP contribution >= 0.6 is 0 Å². The summed E-state index contributed by atoms with van der Waals surface area (Å²) >= 11 is 0. The average Bonchev–Trinajstić information content (AvgIpc) is 2.63. The predicted molar refractivity (Wildman–Crippen MR) is 99.4 cm³/mol. The van der Waals surface area contributed by atoms with Crippen LogP contribution in [0.5, 0.6) is 0 Å². The smallest absolute Gasteiger partial charge is 0.317 e. The van der Waals surface area contributed by atoms with Crippen LogP contribution in [0.25, 0.3) is 0 Å². The summed E-state index contributed by atoms with van der Waals surface area (Å²) in [4.78, 5) is 40.0. The molecule has 0 amide bonds. The molecule has 0 spiro atoms. The van der Waals surface area contributed by atoms with Crippen LogP contribution in [0.1, 0.15) is 6.92 Å². The monoisotopic (exact) mass is 404 g/mol. The number of rotatable bonds is 10. The number of β-amino-alcohol motifs (C(OH)–C–C–N with tert-alkyl or cyclic N) is 1. The molecule has 1 rings (SSSR count). The molecule has 28 heavy (non-hydrogen) atoms. The Bertz CT molecular complexity index is 467. The molecule has 2 N–H and O–H groups in total. The molecule has 1 saturated heterocycles. The summed E-state index contributed by atoms with van der Waals surface area (Å²) in [5.41, 5.74) is 0. The fraction of sp³-hybridized carbons (Fsp3) is 0.824. The van der Waals surface area contributed by atoms with E-state index in [9.17, 15) is 19.5 Å². The van der Waals surface area contributed by atoms with E-state index in [0.29, 0.717) is 71.8 Å². The number of aliphatic hydroxyl groups is 1. The molecule has 0 aromatic heterocycles. The van der Waals surface area contributed by atoms with Crippen LogP contribution in [0.2, 0.25) is 0 Å². The van der Waals surface area contributed by atoms with Gasteiger partial charge in [0, 0.05) is 58.9 Å². The van der Waals surface area contributed by atoms with Crippen molar-refractivity contribution in [1.82, 2.24) is 19.6 Å². The lowest BCUT2D eigenvalue weighted by atomic mass is 10.3. The Morgan fingerprint density at radius 3 is 1.61 bits per heavy atom. The summed E-state index contributed by atoms with van der Waals surface area (Å²) in [6.45, 7) is 7.72. The summed E-state index contributed by atoms with van der Waals surface area (Å²) in [7, 11) is 0. The molecule has 0 aliphatic carbocycles. The fourth-order valence-electron chi connectivity index (χ4n) is 3.01. The van der Waals surface area contributed by atoms with Crippen LogP contribution in [0, 0.1) is 0 Å². The van der Waals surface area contributed by atoms with Gasteiger partial charge in [-0.2, -0.15) is 0 Å². The third-order valence-electron chi connectivity index (χ3n) is 4.46. The molecule has 162 valence electrons. The van der Waals surface area contributed by atoms with Crippen molar-refractivity contribution in [3.63, 3.8) is 0 Å². The Labute approximate surface area is 165 Å². The van der Waals surface area contributed by atoms with Crippen molar-refractivity contribution >= 4 is 18.9 Å². The highest BCUT2D eigenvalue weighted by Gasteiger charge is 2.18. The van der Waals surface area contributed by atoms with E-state index >= 15 is 0 Å². The van der Waals surface area contributed by atoms with Crippen molar-refractivity contribution in [2.45, 2.75) is 13.0 Å². The molecule has 11 nitrogen and oxygen atoms in total. The highest BCUT2D eigenvalue weighted by atomic mass is 16.5. The van der Waals surface area contributed by atoms with Crippen LogP contribution in [-0.2, 0) is 23.9 Å². The van der Waals surface area contributed by atoms with Gasteiger partial charge in [0.05, 0.1) is 12.6 Å². The lowest BCUT2D eigenvalue weighted by Gasteiger charge is -2.33. The van der Waals surface area contributed by atoms with E-state index in [-0.39, 0.29) is 20.0 Å². The standard InChI is InChI=1S/C17H32N4O7/c1-16(24)10-18-2-3-19(11-17(25)26)5-7-21(13-28-15-23)9-8-20(6-4-18)12-27-14-22/h14-16,24H,2-13H2,1H3,(H,25,26). The maximum Gasteiger partial charge on any atom is 0.317 e. The van der Waals surface area contributed by atoms with E-state index < -0.39 is 12.1 Å². The Balaban J connectivity index is 2.82. The van der Waals surface area contributed by atoms with Crippen molar-refractivity contribution < 1.29 is 34.1 Å². The van der Waals surface area contributed by atoms with Crippen molar-refractivity contribution in [3.05, 3.63) is 0 Å². The number of carboxylic acid groups (broad SMARTS) is 1. The van der Waals surface area contributed by atoms with Crippen molar-refractivity contribution in [2.24, 2.45) is 0 Å². The maximum atomic E-state index is 11.2. The second-order valence-corrected chi connectivity index (χ2v) is 6.84. The summed E-state index contributed by atoms with van der Waals surface area (Å²) in [6.07, 6.45) is -0.503. The van der Waals surface area contributed by atoms with Gasteiger partial charge in [-0.15, -0.1) is 0 Å².